The first-order valence-corrected chi connectivity index (χ1v) is 12.7. The van der Waals surface area contributed by atoms with Gasteiger partial charge in [-0.25, -0.2) is 0 Å². The van der Waals surface area contributed by atoms with Crippen LogP contribution in [0.15, 0.2) is 18.2 Å². The first kappa shape index (κ1) is 25.1. The van der Waals surface area contributed by atoms with E-state index in [1.54, 1.807) is 18.2 Å². The van der Waals surface area contributed by atoms with Gasteiger partial charge in [0.2, 0.25) is 0 Å². The fourth-order valence-electron chi connectivity index (χ4n) is 6.13. The summed E-state index contributed by atoms with van der Waals surface area (Å²) in [6, 6.07) is 5.00. The zero-order valence-electron chi connectivity index (χ0n) is 19.7. The predicted molar refractivity (Wildman–Crippen MR) is 122 cm³/mol. The van der Waals surface area contributed by atoms with E-state index in [1.165, 1.54) is 0 Å². The van der Waals surface area contributed by atoms with Crippen LogP contribution < -0.4 is 4.74 Å². The second-order valence-corrected chi connectivity index (χ2v) is 11.4. The number of halogens is 3. The molecule has 0 radical (unpaired) electrons. The van der Waals surface area contributed by atoms with Gasteiger partial charge in [-0.15, -0.1) is 0 Å². The number of rotatable bonds is 8. The van der Waals surface area contributed by atoms with Crippen LogP contribution in [0.25, 0.3) is 0 Å². The number of carbonyl (C=O) groups is 2. The number of aliphatic hydroxyl groups excluding tert-OH is 1. The summed E-state index contributed by atoms with van der Waals surface area (Å²) in [5.41, 5.74) is -0.550. The summed E-state index contributed by atoms with van der Waals surface area (Å²) in [5.74, 6) is 0.499. The van der Waals surface area contributed by atoms with Gasteiger partial charge in [0.15, 0.2) is 17.7 Å². The Bertz CT molecular complexity index is 978. The number of aliphatic hydroxyl groups is 1. The minimum Gasteiger partial charge on any atom is -0.482 e. The number of benzene rings is 1. The van der Waals surface area contributed by atoms with Crippen molar-refractivity contribution in [2.75, 3.05) is 6.61 Å². The fraction of sp³-hybridized carbons (Fsp3) is 0.692. The van der Waals surface area contributed by atoms with Crippen LogP contribution in [0.1, 0.15) is 76.4 Å². The molecule has 2 aliphatic carbocycles. The molecule has 35 heavy (non-hydrogen) atoms. The molecule has 3 aliphatic heterocycles. The van der Waals surface area contributed by atoms with Crippen molar-refractivity contribution in [1.29, 1.82) is 0 Å². The van der Waals surface area contributed by atoms with Crippen LogP contribution in [0.4, 0.5) is 8.78 Å². The van der Waals surface area contributed by atoms with E-state index < -0.39 is 30.0 Å². The third-order valence-electron chi connectivity index (χ3n) is 8.27. The van der Waals surface area contributed by atoms with Crippen molar-refractivity contribution < 1.29 is 37.7 Å². The minimum absolute atomic E-state index is 0.0397. The average molecular weight is 513 g/mol. The van der Waals surface area contributed by atoms with Crippen molar-refractivity contribution in [1.82, 2.24) is 0 Å². The number of hydrogen-bond acceptors (Lipinski definition) is 6. The molecule has 4 fully saturated rings. The van der Waals surface area contributed by atoms with Gasteiger partial charge in [-0.2, -0.15) is 8.78 Å². The Hall–Kier alpha value is -1.61. The Labute approximate surface area is 208 Å². The summed E-state index contributed by atoms with van der Waals surface area (Å²) < 4.78 is 42.7. The highest BCUT2D eigenvalue weighted by Crippen LogP contribution is 2.53. The average Bonchev–Trinajstić information content (AvgIpc) is 2.78. The van der Waals surface area contributed by atoms with Crippen molar-refractivity contribution >= 4 is 23.2 Å². The van der Waals surface area contributed by atoms with Crippen molar-refractivity contribution in [3.8, 4) is 5.75 Å². The van der Waals surface area contributed by atoms with E-state index in [-0.39, 0.29) is 35.7 Å². The van der Waals surface area contributed by atoms with Gasteiger partial charge in [0.25, 0.3) is 0 Å². The first-order valence-electron chi connectivity index (χ1n) is 12.4. The summed E-state index contributed by atoms with van der Waals surface area (Å²) in [4.78, 5) is 26.2. The molecule has 9 heteroatoms. The third kappa shape index (κ3) is 5.13. The number of ketones is 2. The zero-order chi connectivity index (χ0) is 25.0. The molecule has 3 heterocycles. The maximum atomic E-state index is 13.2. The molecule has 2 atom stereocenters. The number of Topliss-reactive ketones (excluding diaryl/α,β-unsaturated/α-hetero) is 2. The highest BCUT2D eigenvalue weighted by atomic mass is 35.5. The van der Waals surface area contributed by atoms with Crippen molar-refractivity contribution in [2.24, 2.45) is 11.3 Å². The normalized spacial score (nSPS) is 36.1. The molecule has 0 amide bonds. The number of carbonyl (C=O) groups excluding carboxylic acids is 2. The van der Waals surface area contributed by atoms with Crippen molar-refractivity contribution in [3.05, 3.63) is 28.8 Å². The van der Waals surface area contributed by atoms with Gasteiger partial charge in [0.05, 0.1) is 18.8 Å². The van der Waals surface area contributed by atoms with Gasteiger partial charge in [-0.1, -0.05) is 11.6 Å². The lowest BCUT2D eigenvalue weighted by atomic mass is 9.61. The zero-order valence-corrected chi connectivity index (χ0v) is 20.5. The van der Waals surface area contributed by atoms with E-state index in [2.05, 4.69) is 4.74 Å². The molecule has 5 aliphatic rings. The number of fused-ring (bicyclic) bond motifs is 4. The maximum Gasteiger partial charge on any atom is 0.353 e. The van der Waals surface area contributed by atoms with Crippen LogP contribution in [-0.4, -0.2) is 47.2 Å². The molecule has 192 valence electrons. The molecular formula is C26H31ClF2O6. The second-order valence-electron chi connectivity index (χ2n) is 11.0. The number of hydrogen-bond donors (Lipinski definition) is 1. The van der Waals surface area contributed by atoms with E-state index in [0.717, 1.165) is 6.92 Å². The molecule has 1 aromatic rings. The van der Waals surface area contributed by atoms with E-state index in [9.17, 15) is 23.5 Å². The molecule has 6 rings (SSSR count). The highest BCUT2D eigenvalue weighted by molar-refractivity contribution is 6.30. The quantitative estimate of drug-likeness (QED) is 0.517. The summed E-state index contributed by atoms with van der Waals surface area (Å²) in [6.45, 7) is 1.07. The molecule has 6 nitrogen and oxygen atoms in total. The Balaban J connectivity index is 1.13. The summed E-state index contributed by atoms with van der Waals surface area (Å²) in [5, 5.41) is 11.0. The summed E-state index contributed by atoms with van der Waals surface area (Å²) >= 11 is 6.01. The van der Waals surface area contributed by atoms with E-state index in [0.29, 0.717) is 67.9 Å². The largest absolute Gasteiger partial charge is 0.482 e. The van der Waals surface area contributed by atoms with Gasteiger partial charge in [0, 0.05) is 42.2 Å². The Morgan fingerprint density at radius 2 is 1.91 bits per heavy atom. The standard InChI is InChI=1S/C26H31ClF2O6/c1-24(28,29)35-17-8-15(9-17)10-23(32)26-6-4-25(5-7-26,14-33-26)13-20(31)22-12-19(30)18-11-16(27)2-3-21(18)34-22/h2-3,11,15,17,19,22,30H,4-10,12-14H2,1H3/t15?,17?,19-,22-,25?,26?/m0/s1. The van der Waals surface area contributed by atoms with E-state index in [1.807, 2.05) is 0 Å². The van der Waals surface area contributed by atoms with Gasteiger partial charge in [-0.05, 0) is 62.6 Å². The smallest absolute Gasteiger partial charge is 0.353 e. The molecule has 0 spiro atoms. The van der Waals surface area contributed by atoms with Gasteiger partial charge >= 0.3 is 6.11 Å². The maximum absolute atomic E-state index is 13.2. The Morgan fingerprint density at radius 3 is 2.54 bits per heavy atom. The summed E-state index contributed by atoms with van der Waals surface area (Å²) in [6.07, 6.45) is -0.921. The van der Waals surface area contributed by atoms with Gasteiger partial charge < -0.3 is 19.3 Å². The lowest BCUT2D eigenvalue weighted by Gasteiger charge is -2.53. The lowest BCUT2D eigenvalue weighted by molar-refractivity contribution is -0.268. The Morgan fingerprint density at radius 1 is 1.20 bits per heavy atom. The molecule has 1 N–H and O–H groups in total. The summed E-state index contributed by atoms with van der Waals surface area (Å²) in [7, 11) is 0. The molecular weight excluding hydrogens is 482 g/mol. The number of ether oxygens (including phenoxy) is 3. The minimum atomic E-state index is -3.15. The van der Waals surface area contributed by atoms with Gasteiger partial charge in [0.1, 0.15) is 11.4 Å². The van der Waals surface area contributed by atoms with Crippen LogP contribution in [0.5, 0.6) is 5.75 Å². The van der Waals surface area contributed by atoms with Crippen molar-refractivity contribution in [2.45, 2.75) is 94.7 Å². The third-order valence-corrected chi connectivity index (χ3v) is 8.50. The van der Waals surface area contributed by atoms with Crippen molar-refractivity contribution in [3.63, 3.8) is 0 Å². The first-order chi connectivity index (χ1) is 16.5. The Kier molecular flexibility index (Phi) is 6.48. The monoisotopic (exact) mass is 512 g/mol. The molecule has 1 aromatic carbocycles. The fourth-order valence-corrected chi connectivity index (χ4v) is 6.31. The van der Waals surface area contributed by atoms with E-state index in [4.69, 9.17) is 21.1 Å². The topological polar surface area (TPSA) is 82.1 Å². The predicted octanol–water partition coefficient (Wildman–Crippen LogP) is 5.18. The van der Waals surface area contributed by atoms with Crippen LogP contribution in [-0.2, 0) is 19.1 Å². The molecule has 2 saturated heterocycles. The lowest BCUT2D eigenvalue weighted by Crippen LogP contribution is -2.57. The van der Waals surface area contributed by atoms with Crippen LogP contribution in [0, 0.1) is 11.3 Å². The van der Waals surface area contributed by atoms with Crippen LogP contribution in [0.3, 0.4) is 0 Å². The second kappa shape index (κ2) is 9.05. The van der Waals surface area contributed by atoms with Crippen LogP contribution >= 0.6 is 11.6 Å². The molecule has 0 unspecified atom stereocenters. The van der Waals surface area contributed by atoms with E-state index >= 15 is 0 Å². The molecule has 2 bridgehead atoms. The molecule has 0 aromatic heterocycles. The van der Waals surface area contributed by atoms with Crippen LogP contribution in [0.2, 0.25) is 5.02 Å². The number of alkyl halides is 2. The molecule has 2 saturated carbocycles. The van der Waals surface area contributed by atoms with Gasteiger partial charge in [-0.3, -0.25) is 9.59 Å². The highest BCUT2D eigenvalue weighted by Gasteiger charge is 2.55. The SMILES string of the molecule is CC(F)(F)OC1CC(CC(=O)C23CCC(CC(=O)[C@@H]4C[C@H](O)c5cc(Cl)ccc5O4)(CC2)CO3)C1.